The van der Waals surface area contributed by atoms with Gasteiger partial charge in [-0.05, 0) is 80.3 Å². The average molecular weight is 503 g/mol. The van der Waals surface area contributed by atoms with E-state index in [9.17, 15) is 19.5 Å². The highest BCUT2D eigenvalue weighted by Crippen LogP contribution is 2.33. The molecule has 0 bridgehead atoms. The zero-order valence-corrected chi connectivity index (χ0v) is 21.1. The van der Waals surface area contributed by atoms with Crippen molar-refractivity contribution >= 4 is 23.7 Å². The molecule has 1 heterocycles. The standard InChI is InChI=1S/C29H30N2O6/c1-29(2,3)37-27(33)20-9-11-22(12-10-20)30-26(32)25-24-14-13-23(36-18-19-7-5-4-6-8-19)17-21(24)15-16-31(25)28(34)35/h4-14,17,25H,15-16,18H2,1-3H3,(H,30,32)(H,34,35). The van der Waals surface area contributed by atoms with Crippen LogP contribution in [0.3, 0.4) is 0 Å². The van der Waals surface area contributed by atoms with Crippen LogP contribution in [0.1, 0.15) is 53.9 Å². The van der Waals surface area contributed by atoms with E-state index in [4.69, 9.17) is 9.47 Å². The molecular weight excluding hydrogens is 472 g/mol. The van der Waals surface area contributed by atoms with Crippen molar-refractivity contribution < 1.29 is 29.0 Å². The van der Waals surface area contributed by atoms with Crippen LogP contribution >= 0.6 is 0 Å². The molecule has 0 aromatic heterocycles. The molecule has 3 aromatic carbocycles. The van der Waals surface area contributed by atoms with Gasteiger partial charge in [0, 0.05) is 12.2 Å². The van der Waals surface area contributed by atoms with Gasteiger partial charge in [-0.25, -0.2) is 9.59 Å². The van der Waals surface area contributed by atoms with E-state index < -0.39 is 29.6 Å². The van der Waals surface area contributed by atoms with Gasteiger partial charge in [-0.3, -0.25) is 9.69 Å². The van der Waals surface area contributed by atoms with Crippen LogP contribution in [0.15, 0.2) is 72.8 Å². The van der Waals surface area contributed by atoms with Crippen molar-refractivity contribution in [3.8, 4) is 5.75 Å². The first kappa shape index (κ1) is 25.8. The summed E-state index contributed by atoms with van der Waals surface area (Å²) in [5.74, 6) is -0.288. The Morgan fingerprint density at radius 1 is 1.00 bits per heavy atom. The lowest BCUT2D eigenvalue weighted by Gasteiger charge is -2.34. The summed E-state index contributed by atoms with van der Waals surface area (Å²) in [7, 11) is 0. The van der Waals surface area contributed by atoms with Gasteiger partial charge in [-0.2, -0.15) is 0 Å². The van der Waals surface area contributed by atoms with Gasteiger partial charge in [0.15, 0.2) is 0 Å². The van der Waals surface area contributed by atoms with Crippen LogP contribution in [0.5, 0.6) is 5.75 Å². The number of hydrogen-bond donors (Lipinski definition) is 2. The fraction of sp³-hybridized carbons (Fsp3) is 0.276. The molecule has 0 saturated carbocycles. The largest absolute Gasteiger partial charge is 0.489 e. The summed E-state index contributed by atoms with van der Waals surface area (Å²) in [5.41, 5.74) is 2.69. The molecule has 0 fully saturated rings. The topological polar surface area (TPSA) is 105 Å². The number of amides is 2. The first-order valence-electron chi connectivity index (χ1n) is 12.0. The number of ether oxygens (including phenoxy) is 2. The Labute approximate surface area is 215 Å². The highest BCUT2D eigenvalue weighted by molar-refractivity contribution is 5.98. The molecule has 0 spiro atoms. The molecule has 3 aromatic rings. The smallest absolute Gasteiger partial charge is 0.408 e. The maximum Gasteiger partial charge on any atom is 0.408 e. The lowest BCUT2D eigenvalue weighted by atomic mass is 9.92. The summed E-state index contributed by atoms with van der Waals surface area (Å²) in [4.78, 5) is 38.7. The van der Waals surface area contributed by atoms with E-state index in [1.807, 2.05) is 36.4 Å². The molecule has 1 atom stereocenters. The van der Waals surface area contributed by atoms with E-state index in [0.29, 0.717) is 35.6 Å². The zero-order chi connectivity index (χ0) is 26.6. The second-order valence-electron chi connectivity index (χ2n) is 9.83. The van der Waals surface area contributed by atoms with E-state index in [1.54, 1.807) is 57.2 Å². The maximum atomic E-state index is 13.3. The fourth-order valence-electron chi connectivity index (χ4n) is 4.16. The number of benzene rings is 3. The monoisotopic (exact) mass is 502 g/mol. The molecule has 8 heteroatoms. The van der Waals surface area contributed by atoms with E-state index in [-0.39, 0.29) is 6.54 Å². The third-order valence-electron chi connectivity index (χ3n) is 5.87. The van der Waals surface area contributed by atoms with Gasteiger partial charge in [0.2, 0.25) is 0 Å². The molecule has 1 aliphatic heterocycles. The average Bonchev–Trinajstić information content (AvgIpc) is 2.86. The van der Waals surface area contributed by atoms with Crippen molar-refractivity contribution in [2.45, 2.75) is 45.4 Å². The van der Waals surface area contributed by atoms with Crippen molar-refractivity contribution in [3.05, 3.63) is 95.1 Å². The van der Waals surface area contributed by atoms with Crippen molar-refractivity contribution in [2.75, 3.05) is 11.9 Å². The van der Waals surface area contributed by atoms with Crippen LogP contribution in [0.2, 0.25) is 0 Å². The molecule has 2 amide bonds. The lowest BCUT2D eigenvalue weighted by Crippen LogP contribution is -2.44. The molecule has 0 saturated heterocycles. The Kier molecular flexibility index (Phi) is 7.47. The molecule has 0 aliphatic carbocycles. The number of nitrogens with one attached hydrogen (secondary N) is 1. The molecular formula is C29H30N2O6. The minimum absolute atomic E-state index is 0.181. The minimum Gasteiger partial charge on any atom is -0.489 e. The van der Waals surface area contributed by atoms with Crippen molar-refractivity contribution in [3.63, 3.8) is 0 Å². The van der Waals surface area contributed by atoms with Crippen molar-refractivity contribution in [2.24, 2.45) is 0 Å². The van der Waals surface area contributed by atoms with Crippen LogP contribution < -0.4 is 10.1 Å². The first-order chi connectivity index (χ1) is 17.6. The predicted octanol–water partition coefficient (Wildman–Crippen LogP) is 5.44. The van der Waals surface area contributed by atoms with Gasteiger partial charge in [0.05, 0.1) is 5.56 Å². The highest BCUT2D eigenvalue weighted by atomic mass is 16.6. The molecule has 2 N–H and O–H groups in total. The number of carbonyl (C=O) groups excluding carboxylic acids is 2. The first-order valence-corrected chi connectivity index (χ1v) is 12.0. The molecule has 1 aliphatic rings. The highest BCUT2D eigenvalue weighted by Gasteiger charge is 2.36. The van der Waals surface area contributed by atoms with Crippen molar-refractivity contribution in [1.29, 1.82) is 0 Å². The number of nitrogens with zero attached hydrogens (tertiary/aromatic N) is 1. The van der Waals surface area contributed by atoms with E-state index in [0.717, 1.165) is 16.0 Å². The maximum absolute atomic E-state index is 13.3. The fourth-order valence-corrected chi connectivity index (χ4v) is 4.16. The molecule has 0 radical (unpaired) electrons. The van der Waals surface area contributed by atoms with E-state index in [2.05, 4.69) is 5.32 Å². The van der Waals surface area contributed by atoms with Gasteiger partial charge in [-0.1, -0.05) is 36.4 Å². The SMILES string of the molecule is CC(C)(C)OC(=O)c1ccc(NC(=O)C2c3ccc(OCc4ccccc4)cc3CCN2C(=O)O)cc1. The summed E-state index contributed by atoms with van der Waals surface area (Å²) in [6.45, 7) is 5.94. The number of carbonyl (C=O) groups is 3. The number of esters is 1. The van der Waals surface area contributed by atoms with Crippen molar-refractivity contribution in [1.82, 2.24) is 4.90 Å². The number of rotatable bonds is 6. The summed E-state index contributed by atoms with van der Waals surface area (Å²) >= 11 is 0. The summed E-state index contributed by atoms with van der Waals surface area (Å²) in [6.07, 6.45) is -0.700. The van der Waals surface area contributed by atoms with Crippen LogP contribution in [-0.2, 0) is 22.6 Å². The number of carboxylic acid groups (broad SMARTS) is 1. The van der Waals surface area contributed by atoms with Crippen LogP contribution in [-0.4, -0.2) is 40.1 Å². The predicted molar refractivity (Wildman–Crippen MR) is 139 cm³/mol. The minimum atomic E-state index is -1.17. The molecule has 4 rings (SSSR count). The van der Waals surface area contributed by atoms with Gasteiger partial charge >= 0.3 is 12.1 Å². The Balaban J connectivity index is 1.50. The second kappa shape index (κ2) is 10.7. The normalized spacial score (nSPS) is 14.9. The lowest BCUT2D eigenvalue weighted by molar-refractivity contribution is -0.121. The molecule has 192 valence electrons. The molecule has 37 heavy (non-hydrogen) atoms. The number of hydrogen-bond acceptors (Lipinski definition) is 5. The van der Waals surface area contributed by atoms with Crippen LogP contribution in [0.25, 0.3) is 0 Å². The number of fused-ring (bicyclic) bond motifs is 1. The zero-order valence-electron chi connectivity index (χ0n) is 21.1. The summed E-state index contributed by atoms with van der Waals surface area (Å²) in [6, 6.07) is 20.4. The molecule has 8 nitrogen and oxygen atoms in total. The Bertz CT molecular complexity index is 1280. The Morgan fingerprint density at radius 2 is 1.70 bits per heavy atom. The van der Waals surface area contributed by atoms with Gasteiger partial charge in [0.1, 0.15) is 24.0 Å². The quantitative estimate of drug-likeness (QED) is 0.435. The Morgan fingerprint density at radius 3 is 2.35 bits per heavy atom. The Hall–Kier alpha value is -4.33. The van der Waals surface area contributed by atoms with E-state index >= 15 is 0 Å². The van der Waals surface area contributed by atoms with Gasteiger partial charge in [0.25, 0.3) is 5.91 Å². The van der Waals surface area contributed by atoms with Crippen LogP contribution in [0.4, 0.5) is 10.5 Å². The molecule has 1 unspecified atom stereocenters. The third-order valence-corrected chi connectivity index (χ3v) is 5.87. The second-order valence-corrected chi connectivity index (χ2v) is 9.83. The number of anilines is 1. The van der Waals surface area contributed by atoms with E-state index in [1.165, 1.54) is 0 Å². The summed E-state index contributed by atoms with van der Waals surface area (Å²) < 4.78 is 11.3. The van der Waals surface area contributed by atoms with Gasteiger partial charge < -0.3 is 19.9 Å². The van der Waals surface area contributed by atoms with Crippen LogP contribution in [0, 0.1) is 0 Å². The van der Waals surface area contributed by atoms with Gasteiger partial charge in [-0.15, -0.1) is 0 Å². The summed E-state index contributed by atoms with van der Waals surface area (Å²) in [5, 5.41) is 12.6. The third kappa shape index (κ3) is 6.46.